The molecule has 4 nitrogen and oxygen atoms in total. The summed E-state index contributed by atoms with van der Waals surface area (Å²) in [6.07, 6.45) is 0.603. The molecule has 1 aromatic heterocycles. The van der Waals surface area contributed by atoms with E-state index in [-0.39, 0.29) is 11.9 Å². The summed E-state index contributed by atoms with van der Waals surface area (Å²) in [5, 5.41) is 3.86. The predicted octanol–water partition coefficient (Wildman–Crippen LogP) is 3.12. The molecule has 2 N–H and O–H groups in total. The fourth-order valence-electron chi connectivity index (χ4n) is 2.09. The SMILES string of the molecule is N[C@@H](Cc1ccccc1)c1nc(-c2cccc(F)c2)no1. The van der Waals surface area contributed by atoms with E-state index in [1.165, 1.54) is 12.1 Å². The van der Waals surface area contributed by atoms with Crippen LogP contribution >= 0.6 is 0 Å². The molecular weight excluding hydrogens is 269 g/mol. The maximum atomic E-state index is 13.2. The van der Waals surface area contributed by atoms with Gasteiger partial charge in [-0.05, 0) is 24.1 Å². The maximum Gasteiger partial charge on any atom is 0.244 e. The Bertz CT molecular complexity index is 727. The van der Waals surface area contributed by atoms with Crippen LogP contribution in [0.25, 0.3) is 11.4 Å². The van der Waals surface area contributed by atoms with Crippen molar-refractivity contribution in [2.24, 2.45) is 5.73 Å². The van der Waals surface area contributed by atoms with Gasteiger partial charge in [0, 0.05) is 5.56 Å². The van der Waals surface area contributed by atoms with Crippen LogP contribution < -0.4 is 5.73 Å². The summed E-state index contributed by atoms with van der Waals surface area (Å²) < 4.78 is 18.4. The maximum absolute atomic E-state index is 13.2. The van der Waals surface area contributed by atoms with Gasteiger partial charge in [0.15, 0.2) is 0 Å². The van der Waals surface area contributed by atoms with Crippen molar-refractivity contribution in [3.63, 3.8) is 0 Å². The third-order valence-corrected chi connectivity index (χ3v) is 3.14. The molecule has 0 saturated heterocycles. The topological polar surface area (TPSA) is 64.9 Å². The van der Waals surface area contributed by atoms with Gasteiger partial charge in [-0.25, -0.2) is 4.39 Å². The number of hydrogen-bond acceptors (Lipinski definition) is 4. The molecule has 0 aliphatic carbocycles. The monoisotopic (exact) mass is 283 g/mol. The van der Waals surface area contributed by atoms with Crippen molar-refractivity contribution in [1.29, 1.82) is 0 Å². The summed E-state index contributed by atoms with van der Waals surface area (Å²) in [4.78, 5) is 4.25. The largest absolute Gasteiger partial charge is 0.337 e. The number of aromatic nitrogens is 2. The zero-order valence-corrected chi connectivity index (χ0v) is 11.2. The van der Waals surface area contributed by atoms with Gasteiger partial charge in [0.05, 0.1) is 6.04 Å². The standard InChI is InChI=1S/C16H14FN3O/c17-13-8-4-7-12(10-13)15-19-16(21-20-15)14(18)9-11-5-2-1-3-6-11/h1-8,10,14H,9,18H2/t14-/m0/s1. The number of nitrogens with two attached hydrogens (primary N) is 1. The van der Waals surface area contributed by atoms with E-state index in [2.05, 4.69) is 10.1 Å². The van der Waals surface area contributed by atoms with Crippen LogP contribution in [-0.2, 0) is 6.42 Å². The fourth-order valence-corrected chi connectivity index (χ4v) is 2.09. The Kier molecular flexibility index (Phi) is 3.75. The van der Waals surface area contributed by atoms with E-state index in [4.69, 9.17) is 10.3 Å². The van der Waals surface area contributed by atoms with Crippen LogP contribution in [0, 0.1) is 5.82 Å². The second-order valence-electron chi connectivity index (χ2n) is 4.76. The molecule has 21 heavy (non-hydrogen) atoms. The number of nitrogens with zero attached hydrogens (tertiary/aromatic N) is 2. The number of benzene rings is 2. The highest BCUT2D eigenvalue weighted by Crippen LogP contribution is 2.20. The molecule has 1 heterocycles. The molecule has 0 unspecified atom stereocenters. The van der Waals surface area contributed by atoms with E-state index in [0.29, 0.717) is 23.7 Å². The minimum Gasteiger partial charge on any atom is -0.337 e. The van der Waals surface area contributed by atoms with Gasteiger partial charge < -0.3 is 10.3 Å². The quantitative estimate of drug-likeness (QED) is 0.799. The van der Waals surface area contributed by atoms with Gasteiger partial charge in [-0.1, -0.05) is 47.6 Å². The first kappa shape index (κ1) is 13.5. The minimum atomic E-state index is -0.387. The van der Waals surface area contributed by atoms with Gasteiger partial charge in [0.1, 0.15) is 5.82 Å². The summed E-state index contributed by atoms with van der Waals surface area (Å²) in [6, 6.07) is 15.5. The normalized spacial score (nSPS) is 12.3. The molecular formula is C16H14FN3O. The Balaban J connectivity index is 1.78. The second kappa shape index (κ2) is 5.85. The summed E-state index contributed by atoms with van der Waals surface area (Å²) in [7, 11) is 0. The van der Waals surface area contributed by atoms with Gasteiger partial charge in [0.2, 0.25) is 11.7 Å². The first-order chi connectivity index (χ1) is 10.2. The summed E-state index contributed by atoms with van der Waals surface area (Å²) in [6.45, 7) is 0. The lowest BCUT2D eigenvalue weighted by Gasteiger charge is -2.05. The van der Waals surface area contributed by atoms with Gasteiger partial charge in [-0.15, -0.1) is 0 Å². The third-order valence-electron chi connectivity index (χ3n) is 3.14. The van der Waals surface area contributed by atoms with Gasteiger partial charge >= 0.3 is 0 Å². The van der Waals surface area contributed by atoms with Crippen LogP contribution in [0.4, 0.5) is 4.39 Å². The molecule has 106 valence electrons. The van der Waals surface area contributed by atoms with Gasteiger partial charge in [-0.2, -0.15) is 4.98 Å². The average molecular weight is 283 g/mol. The van der Waals surface area contributed by atoms with Crippen LogP contribution in [0.1, 0.15) is 17.5 Å². The zero-order valence-electron chi connectivity index (χ0n) is 11.2. The number of hydrogen-bond donors (Lipinski definition) is 1. The highest BCUT2D eigenvalue weighted by Gasteiger charge is 2.16. The van der Waals surface area contributed by atoms with Crippen molar-refractivity contribution in [3.8, 4) is 11.4 Å². The molecule has 3 rings (SSSR count). The predicted molar refractivity (Wildman–Crippen MR) is 76.8 cm³/mol. The fraction of sp³-hybridized carbons (Fsp3) is 0.125. The molecule has 5 heteroatoms. The lowest BCUT2D eigenvalue weighted by molar-refractivity contribution is 0.354. The van der Waals surface area contributed by atoms with Crippen molar-refractivity contribution in [2.75, 3.05) is 0 Å². The van der Waals surface area contributed by atoms with Crippen molar-refractivity contribution in [1.82, 2.24) is 10.1 Å². The molecule has 0 fully saturated rings. The molecule has 0 radical (unpaired) electrons. The molecule has 0 saturated carbocycles. The number of rotatable bonds is 4. The van der Waals surface area contributed by atoms with E-state index in [0.717, 1.165) is 5.56 Å². The van der Waals surface area contributed by atoms with E-state index in [9.17, 15) is 4.39 Å². The zero-order chi connectivity index (χ0) is 14.7. The molecule has 0 aliphatic rings. The Morgan fingerprint density at radius 1 is 1.10 bits per heavy atom. The summed E-state index contributed by atoms with van der Waals surface area (Å²) >= 11 is 0. The Morgan fingerprint density at radius 2 is 1.90 bits per heavy atom. The molecule has 0 aliphatic heterocycles. The van der Waals surface area contributed by atoms with Crippen LogP contribution in [0.3, 0.4) is 0 Å². The molecule has 0 bridgehead atoms. The summed E-state index contributed by atoms with van der Waals surface area (Å²) in [5.74, 6) is 0.346. The summed E-state index contributed by atoms with van der Waals surface area (Å²) in [5.41, 5.74) is 7.74. The van der Waals surface area contributed by atoms with E-state index < -0.39 is 0 Å². The van der Waals surface area contributed by atoms with Gasteiger partial charge in [-0.3, -0.25) is 0 Å². The molecule has 1 atom stereocenters. The first-order valence-corrected chi connectivity index (χ1v) is 6.61. The van der Waals surface area contributed by atoms with Crippen LogP contribution in [0.15, 0.2) is 59.1 Å². The van der Waals surface area contributed by atoms with Crippen molar-refractivity contribution in [2.45, 2.75) is 12.5 Å². The van der Waals surface area contributed by atoms with Crippen LogP contribution in [0.5, 0.6) is 0 Å². The second-order valence-corrected chi connectivity index (χ2v) is 4.76. The van der Waals surface area contributed by atoms with Crippen molar-refractivity contribution >= 4 is 0 Å². The minimum absolute atomic E-state index is 0.340. The molecule has 2 aromatic carbocycles. The third kappa shape index (κ3) is 3.14. The van der Waals surface area contributed by atoms with Crippen LogP contribution in [-0.4, -0.2) is 10.1 Å². The lowest BCUT2D eigenvalue weighted by atomic mass is 10.1. The first-order valence-electron chi connectivity index (χ1n) is 6.61. The Hall–Kier alpha value is -2.53. The highest BCUT2D eigenvalue weighted by molar-refractivity contribution is 5.53. The Morgan fingerprint density at radius 3 is 2.67 bits per heavy atom. The van der Waals surface area contributed by atoms with E-state index in [1.807, 2.05) is 30.3 Å². The van der Waals surface area contributed by atoms with E-state index >= 15 is 0 Å². The number of halogens is 1. The lowest BCUT2D eigenvalue weighted by Crippen LogP contribution is -2.13. The smallest absolute Gasteiger partial charge is 0.244 e. The van der Waals surface area contributed by atoms with Crippen LogP contribution in [0.2, 0.25) is 0 Å². The molecule has 0 spiro atoms. The van der Waals surface area contributed by atoms with Crippen molar-refractivity contribution < 1.29 is 8.91 Å². The van der Waals surface area contributed by atoms with E-state index in [1.54, 1.807) is 12.1 Å². The average Bonchev–Trinajstić information content (AvgIpc) is 2.98. The molecule has 0 amide bonds. The Labute approximate surface area is 121 Å². The highest BCUT2D eigenvalue weighted by atomic mass is 19.1. The molecule has 3 aromatic rings. The van der Waals surface area contributed by atoms with Crippen molar-refractivity contribution in [3.05, 3.63) is 71.9 Å². The van der Waals surface area contributed by atoms with Gasteiger partial charge in [0.25, 0.3) is 0 Å².